The minimum absolute atomic E-state index is 0.115. The smallest absolute Gasteiger partial charge is 0.333 e. The SMILES string of the molecule is O=C1C=C(N(CF)Cc2ccc(Cl)nc2)CO1. The van der Waals surface area contributed by atoms with Gasteiger partial charge in [-0.05, 0) is 11.6 Å². The van der Waals surface area contributed by atoms with E-state index in [1.54, 1.807) is 18.3 Å². The van der Waals surface area contributed by atoms with Crippen molar-refractivity contribution in [3.8, 4) is 0 Å². The molecule has 0 amide bonds. The van der Waals surface area contributed by atoms with Gasteiger partial charge in [0.1, 0.15) is 11.8 Å². The van der Waals surface area contributed by atoms with Crippen molar-refractivity contribution >= 4 is 17.6 Å². The number of aromatic nitrogens is 1. The van der Waals surface area contributed by atoms with Crippen LogP contribution in [0.3, 0.4) is 0 Å². The lowest BCUT2D eigenvalue weighted by Crippen LogP contribution is -2.22. The molecule has 0 saturated carbocycles. The third-order valence-electron chi connectivity index (χ3n) is 2.36. The molecule has 0 unspecified atom stereocenters. The zero-order chi connectivity index (χ0) is 12.3. The second kappa shape index (κ2) is 5.14. The van der Waals surface area contributed by atoms with Gasteiger partial charge in [0.2, 0.25) is 0 Å². The quantitative estimate of drug-likeness (QED) is 0.469. The highest BCUT2D eigenvalue weighted by Crippen LogP contribution is 2.16. The average molecular weight is 257 g/mol. The molecule has 0 fully saturated rings. The zero-order valence-corrected chi connectivity index (χ0v) is 9.65. The Morgan fingerprint density at radius 2 is 2.35 bits per heavy atom. The average Bonchev–Trinajstić information content (AvgIpc) is 2.75. The first-order chi connectivity index (χ1) is 8.19. The number of nitrogens with zero attached hydrogens (tertiary/aromatic N) is 2. The van der Waals surface area contributed by atoms with Crippen molar-refractivity contribution < 1.29 is 13.9 Å². The van der Waals surface area contributed by atoms with Crippen LogP contribution in [-0.2, 0) is 16.1 Å². The van der Waals surface area contributed by atoms with E-state index in [-0.39, 0.29) is 6.61 Å². The van der Waals surface area contributed by atoms with Crippen molar-refractivity contribution in [3.05, 3.63) is 40.8 Å². The summed E-state index contributed by atoms with van der Waals surface area (Å²) in [5, 5.41) is 0.388. The Morgan fingerprint density at radius 3 is 2.88 bits per heavy atom. The van der Waals surface area contributed by atoms with E-state index in [1.807, 2.05) is 0 Å². The van der Waals surface area contributed by atoms with Crippen molar-refractivity contribution in [2.24, 2.45) is 0 Å². The van der Waals surface area contributed by atoms with E-state index in [0.717, 1.165) is 5.56 Å². The van der Waals surface area contributed by atoms with Crippen molar-refractivity contribution in [3.63, 3.8) is 0 Å². The first-order valence-corrected chi connectivity index (χ1v) is 5.35. The van der Waals surface area contributed by atoms with E-state index < -0.39 is 12.8 Å². The molecule has 0 aromatic carbocycles. The molecule has 0 atom stereocenters. The van der Waals surface area contributed by atoms with Gasteiger partial charge < -0.3 is 9.64 Å². The highest BCUT2D eigenvalue weighted by Gasteiger charge is 2.19. The van der Waals surface area contributed by atoms with E-state index in [2.05, 4.69) is 4.98 Å². The Hall–Kier alpha value is -1.62. The lowest BCUT2D eigenvalue weighted by Gasteiger charge is -2.20. The van der Waals surface area contributed by atoms with Crippen LogP contribution in [0.4, 0.5) is 4.39 Å². The maximum Gasteiger partial charge on any atom is 0.333 e. The molecule has 0 saturated heterocycles. The number of halogens is 2. The number of ether oxygens (including phenoxy) is 1. The Kier molecular flexibility index (Phi) is 3.58. The van der Waals surface area contributed by atoms with Gasteiger partial charge in [0.25, 0.3) is 0 Å². The summed E-state index contributed by atoms with van der Waals surface area (Å²) in [6.07, 6.45) is 2.87. The number of pyridine rings is 1. The van der Waals surface area contributed by atoms with Gasteiger partial charge in [0.15, 0.2) is 6.80 Å². The topological polar surface area (TPSA) is 42.4 Å². The highest BCUT2D eigenvalue weighted by atomic mass is 35.5. The maximum absolute atomic E-state index is 12.9. The van der Waals surface area contributed by atoms with Crippen LogP contribution in [0, 0.1) is 0 Å². The standard InChI is InChI=1S/C11H10ClFN2O2/c12-10-2-1-8(4-14-10)5-15(7-13)9-3-11(16)17-6-9/h1-4H,5-7H2. The van der Waals surface area contributed by atoms with Crippen LogP contribution < -0.4 is 0 Å². The third-order valence-corrected chi connectivity index (χ3v) is 2.58. The fourth-order valence-corrected chi connectivity index (χ4v) is 1.60. The molecule has 2 rings (SSSR count). The van der Waals surface area contributed by atoms with Gasteiger partial charge in [0, 0.05) is 18.8 Å². The first-order valence-electron chi connectivity index (χ1n) is 4.97. The number of alkyl halides is 1. The zero-order valence-electron chi connectivity index (χ0n) is 8.90. The minimum Gasteiger partial charge on any atom is -0.456 e. The molecule has 1 aliphatic rings. The number of carbonyl (C=O) groups is 1. The minimum atomic E-state index is -0.689. The fraction of sp³-hybridized carbons (Fsp3) is 0.273. The van der Waals surface area contributed by atoms with Gasteiger partial charge >= 0.3 is 5.97 Å². The summed E-state index contributed by atoms with van der Waals surface area (Å²) < 4.78 is 17.6. The molecule has 17 heavy (non-hydrogen) atoms. The molecular weight excluding hydrogens is 247 g/mol. The maximum atomic E-state index is 12.9. The largest absolute Gasteiger partial charge is 0.456 e. The van der Waals surface area contributed by atoms with E-state index in [0.29, 0.717) is 17.4 Å². The van der Waals surface area contributed by atoms with Crippen LogP contribution in [0.5, 0.6) is 0 Å². The van der Waals surface area contributed by atoms with Gasteiger partial charge in [-0.15, -0.1) is 0 Å². The van der Waals surface area contributed by atoms with Crippen molar-refractivity contribution in [2.45, 2.75) is 6.54 Å². The molecule has 4 nitrogen and oxygen atoms in total. The molecule has 6 heteroatoms. The van der Waals surface area contributed by atoms with Crippen LogP contribution in [0.15, 0.2) is 30.1 Å². The molecule has 0 spiro atoms. The number of hydrogen-bond donors (Lipinski definition) is 0. The fourth-order valence-electron chi connectivity index (χ4n) is 1.49. The highest BCUT2D eigenvalue weighted by molar-refractivity contribution is 6.29. The molecule has 1 aromatic rings. The van der Waals surface area contributed by atoms with Crippen molar-refractivity contribution in [1.82, 2.24) is 9.88 Å². The van der Waals surface area contributed by atoms with E-state index >= 15 is 0 Å². The van der Waals surface area contributed by atoms with Crippen LogP contribution in [0.2, 0.25) is 5.15 Å². The molecule has 2 heterocycles. The predicted molar refractivity (Wildman–Crippen MR) is 59.8 cm³/mol. The Morgan fingerprint density at radius 1 is 1.53 bits per heavy atom. The molecule has 0 N–H and O–H groups in total. The number of esters is 1. The predicted octanol–water partition coefficient (Wildman–Crippen LogP) is 1.90. The molecule has 0 bridgehead atoms. The summed E-state index contributed by atoms with van der Waals surface area (Å²) in [5.41, 5.74) is 1.35. The molecule has 0 aliphatic carbocycles. The molecule has 1 aromatic heterocycles. The molecule has 1 aliphatic heterocycles. The van der Waals surface area contributed by atoms with Crippen LogP contribution in [0.1, 0.15) is 5.56 Å². The van der Waals surface area contributed by atoms with Crippen LogP contribution in [0.25, 0.3) is 0 Å². The molecule has 0 radical (unpaired) electrons. The summed E-state index contributed by atoms with van der Waals surface area (Å²) in [5.74, 6) is -0.437. The summed E-state index contributed by atoms with van der Waals surface area (Å²) >= 11 is 5.65. The Balaban J connectivity index is 2.07. The second-order valence-corrected chi connectivity index (χ2v) is 3.94. The van der Waals surface area contributed by atoms with E-state index in [9.17, 15) is 9.18 Å². The van der Waals surface area contributed by atoms with Crippen LogP contribution in [-0.4, -0.2) is 29.3 Å². The summed E-state index contributed by atoms with van der Waals surface area (Å²) in [4.78, 5) is 16.2. The molecular formula is C11H10ClFN2O2. The normalized spacial score (nSPS) is 14.5. The summed E-state index contributed by atoms with van der Waals surface area (Å²) in [6.45, 7) is -0.252. The van der Waals surface area contributed by atoms with Gasteiger partial charge in [-0.3, -0.25) is 0 Å². The third kappa shape index (κ3) is 2.94. The van der Waals surface area contributed by atoms with Crippen molar-refractivity contribution in [2.75, 3.05) is 13.4 Å². The van der Waals surface area contributed by atoms with Gasteiger partial charge in [0.05, 0.1) is 5.70 Å². The van der Waals surface area contributed by atoms with Gasteiger partial charge in [-0.1, -0.05) is 17.7 Å². The van der Waals surface area contributed by atoms with E-state index in [4.69, 9.17) is 16.3 Å². The first kappa shape index (κ1) is 11.9. The number of hydrogen-bond acceptors (Lipinski definition) is 4. The number of rotatable bonds is 4. The van der Waals surface area contributed by atoms with Gasteiger partial charge in [-0.25, -0.2) is 14.2 Å². The Labute approximate surface area is 103 Å². The number of cyclic esters (lactones) is 1. The van der Waals surface area contributed by atoms with E-state index in [1.165, 1.54) is 11.0 Å². The van der Waals surface area contributed by atoms with Crippen molar-refractivity contribution in [1.29, 1.82) is 0 Å². The van der Waals surface area contributed by atoms with Crippen LogP contribution >= 0.6 is 11.6 Å². The second-order valence-electron chi connectivity index (χ2n) is 3.55. The lowest BCUT2D eigenvalue weighted by molar-refractivity contribution is -0.135. The lowest BCUT2D eigenvalue weighted by atomic mass is 10.2. The Bertz CT molecular complexity index is 447. The number of carbonyl (C=O) groups excluding carboxylic acids is 1. The molecule has 90 valence electrons. The van der Waals surface area contributed by atoms with Gasteiger partial charge in [-0.2, -0.15) is 0 Å². The monoisotopic (exact) mass is 256 g/mol. The summed E-state index contributed by atoms with van der Waals surface area (Å²) in [6, 6.07) is 3.40. The summed E-state index contributed by atoms with van der Waals surface area (Å²) in [7, 11) is 0.